The van der Waals surface area contributed by atoms with Gasteiger partial charge in [-0.15, -0.1) is 0 Å². The maximum absolute atomic E-state index is 13.2. The molecule has 1 saturated carbocycles. The van der Waals surface area contributed by atoms with E-state index >= 15 is 0 Å². The second-order valence-corrected chi connectivity index (χ2v) is 10.9. The standard InChI is InChI=1S/C28H23Br2N3O/c1-17-23(28(34)33(31-17)21-6-3-2-4-7-21)14-18-15-24-22-8-5-9-26(22)32(27(24)25(30)16-18)20-12-10-19(29)11-13-20/h2-4,6-7,10-16,22,26H,5,8-9H2,1H3/b23-14-. The van der Waals surface area contributed by atoms with E-state index in [-0.39, 0.29) is 5.91 Å². The lowest BCUT2D eigenvalue weighted by atomic mass is 9.95. The van der Waals surface area contributed by atoms with Crippen LogP contribution in [0.1, 0.15) is 43.2 Å². The van der Waals surface area contributed by atoms with Crippen LogP contribution in [0.15, 0.2) is 86.3 Å². The van der Waals surface area contributed by atoms with Crippen molar-refractivity contribution in [2.45, 2.75) is 38.1 Å². The monoisotopic (exact) mass is 575 g/mol. The van der Waals surface area contributed by atoms with Gasteiger partial charge in [-0.2, -0.15) is 10.1 Å². The van der Waals surface area contributed by atoms with Gasteiger partial charge < -0.3 is 4.90 Å². The molecule has 0 N–H and O–H groups in total. The van der Waals surface area contributed by atoms with Crippen LogP contribution in [-0.2, 0) is 4.79 Å². The van der Waals surface area contributed by atoms with Crippen molar-refractivity contribution < 1.29 is 4.79 Å². The number of carbonyl (C=O) groups excluding carboxylic acids is 1. The predicted molar refractivity (Wildman–Crippen MR) is 146 cm³/mol. The minimum atomic E-state index is -0.0875. The Morgan fingerprint density at radius 2 is 1.74 bits per heavy atom. The van der Waals surface area contributed by atoms with Gasteiger partial charge in [0.2, 0.25) is 0 Å². The van der Waals surface area contributed by atoms with Gasteiger partial charge in [-0.25, -0.2) is 0 Å². The molecular weight excluding hydrogens is 554 g/mol. The van der Waals surface area contributed by atoms with Crippen LogP contribution in [0.4, 0.5) is 17.1 Å². The van der Waals surface area contributed by atoms with Crippen molar-refractivity contribution in [3.8, 4) is 0 Å². The molecular formula is C28H23Br2N3O. The van der Waals surface area contributed by atoms with Gasteiger partial charge in [0.25, 0.3) is 5.91 Å². The van der Waals surface area contributed by atoms with Crippen molar-refractivity contribution in [2.24, 2.45) is 5.10 Å². The van der Waals surface area contributed by atoms with Crippen molar-refractivity contribution >= 4 is 66.6 Å². The molecule has 1 amide bonds. The summed E-state index contributed by atoms with van der Waals surface area (Å²) in [6, 6.07) is 23.1. The third-order valence-corrected chi connectivity index (χ3v) is 8.18. The second kappa shape index (κ2) is 8.51. The summed E-state index contributed by atoms with van der Waals surface area (Å²) in [6.07, 6.45) is 5.61. The first-order valence-electron chi connectivity index (χ1n) is 11.6. The summed E-state index contributed by atoms with van der Waals surface area (Å²) in [5, 5.41) is 6.02. The summed E-state index contributed by atoms with van der Waals surface area (Å²) in [5.41, 5.74) is 7.03. The minimum Gasteiger partial charge on any atom is -0.337 e. The highest BCUT2D eigenvalue weighted by Crippen LogP contribution is 2.55. The van der Waals surface area contributed by atoms with Crippen molar-refractivity contribution in [1.29, 1.82) is 0 Å². The highest BCUT2D eigenvalue weighted by Gasteiger charge is 2.43. The van der Waals surface area contributed by atoms with Crippen LogP contribution in [-0.4, -0.2) is 17.7 Å². The smallest absolute Gasteiger partial charge is 0.280 e. The van der Waals surface area contributed by atoms with Gasteiger partial charge in [-0.05, 0) is 101 Å². The van der Waals surface area contributed by atoms with Crippen LogP contribution in [0, 0.1) is 0 Å². The van der Waals surface area contributed by atoms with E-state index in [1.54, 1.807) is 0 Å². The van der Waals surface area contributed by atoms with E-state index in [0.29, 0.717) is 17.5 Å². The molecule has 3 aromatic rings. The number of carbonyl (C=O) groups is 1. The normalized spacial score (nSPS) is 22.4. The SMILES string of the molecule is CC1=NN(c2ccccc2)C(=O)/C1=C\c1cc(Br)c2c(c1)C1CCCC1N2c1ccc(Br)cc1. The number of rotatable bonds is 3. The zero-order valence-corrected chi connectivity index (χ0v) is 21.9. The van der Waals surface area contributed by atoms with Crippen molar-refractivity contribution in [1.82, 2.24) is 0 Å². The number of anilines is 3. The van der Waals surface area contributed by atoms with Crippen LogP contribution < -0.4 is 9.91 Å². The molecule has 1 fully saturated rings. The Morgan fingerprint density at radius 1 is 0.971 bits per heavy atom. The van der Waals surface area contributed by atoms with Crippen LogP contribution >= 0.6 is 31.9 Å². The molecule has 6 rings (SSSR count). The van der Waals surface area contributed by atoms with Gasteiger partial charge in [-0.1, -0.05) is 40.5 Å². The predicted octanol–water partition coefficient (Wildman–Crippen LogP) is 7.81. The van der Waals surface area contributed by atoms with Crippen molar-refractivity contribution in [3.05, 3.63) is 92.4 Å². The van der Waals surface area contributed by atoms with Crippen LogP contribution in [0.2, 0.25) is 0 Å². The molecule has 6 heteroatoms. The van der Waals surface area contributed by atoms with E-state index in [9.17, 15) is 4.79 Å². The number of hydrazone groups is 1. The van der Waals surface area contributed by atoms with Crippen molar-refractivity contribution in [3.63, 3.8) is 0 Å². The summed E-state index contributed by atoms with van der Waals surface area (Å²) >= 11 is 7.44. The number of hydrogen-bond donors (Lipinski definition) is 0. The molecule has 2 atom stereocenters. The maximum atomic E-state index is 13.2. The Hall–Kier alpha value is -2.70. The highest BCUT2D eigenvalue weighted by atomic mass is 79.9. The molecule has 0 spiro atoms. The maximum Gasteiger partial charge on any atom is 0.280 e. The van der Waals surface area contributed by atoms with Crippen LogP contribution in [0.25, 0.3) is 6.08 Å². The largest absolute Gasteiger partial charge is 0.337 e. The average Bonchev–Trinajstić information content (AvgIpc) is 3.50. The molecule has 0 saturated heterocycles. The van der Waals surface area contributed by atoms with Gasteiger partial charge in [0.15, 0.2) is 0 Å². The topological polar surface area (TPSA) is 35.9 Å². The lowest BCUT2D eigenvalue weighted by Gasteiger charge is -2.28. The van der Waals surface area contributed by atoms with E-state index in [1.165, 1.54) is 41.2 Å². The number of fused-ring (bicyclic) bond motifs is 3. The molecule has 2 aliphatic heterocycles. The molecule has 3 aliphatic rings. The third-order valence-electron chi connectivity index (χ3n) is 7.05. The van der Waals surface area contributed by atoms with Crippen LogP contribution in [0.5, 0.6) is 0 Å². The number of hydrogen-bond acceptors (Lipinski definition) is 3. The fourth-order valence-corrected chi connectivity index (χ4v) is 6.51. The molecule has 0 aromatic heterocycles. The summed E-state index contributed by atoms with van der Waals surface area (Å²) in [4.78, 5) is 15.7. The first-order valence-corrected chi connectivity index (χ1v) is 13.1. The third kappa shape index (κ3) is 3.55. The van der Waals surface area contributed by atoms with Gasteiger partial charge in [0.1, 0.15) is 0 Å². The second-order valence-electron chi connectivity index (χ2n) is 9.09. The molecule has 3 aromatic carbocycles. The number of halogens is 2. The number of amides is 1. The Morgan fingerprint density at radius 3 is 2.50 bits per heavy atom. The Balaban J connectivity index is 1.40. The first-order chi connectivity index (χ1) is 16.5. The molecule has 0 bridgehead atoms. The molecule has 170 valence electrons. The Labute approximate surface area is 216 Å². The molecule has 4 nitrogen and oxygen atoms in total. The molecule has 1 aliphatic carbocycles. The van der Waals surface area contributed by atoms with E-state index in [0.717, 1.165) is 25.9 Å². The van der Waals surface area contributed by atoms with Gasteiger partial charge >= 0.3 is 0 Å². The summed E-state index contributed by atoms with van der Waals surface area (Å²) in [5.74, 6) is 0.415. The molecule has 2 unspecified atom stereocenters. The van der Waals surface area contributed by atoms with E-state index in [2.05, 4.69) is 78.3 Å². The lowest BCUT2D eigenvalue weighted by molar-refractivity contribution is -0.114. The Kier molecular flexibility index (Phi) is 5.46. The van der Waals surface area contributed by atoms with Gasteiger partial charge in [-0.3, -0.25) is 4.79 Å². The number of benzene rings is 3. The van der Waals surface area contributed by atoms with Gasteiger partial charge in [0, 0.05) is 26.6 Å². The van der Waals surface area contributed by atoms with Gasteiger partial charge in [0.05, 0.1) is 22.7 Å². The highest BCUT2D eigenvalue weighted by molar-refractivity contribution is 9.10. The zero-order chi connectivity index (χ0) is 23.4. The summed E-state index contributed by atoms with van der Waals surface area (Å²) in [6.45, 7) is 1.90. The molecule has 0 radical (unpaired) electrons. The minimum absolute atomic E-state index is 0.0875. The average molecular weight is 577 g/mol. The fourth-order valence-electron chi connectivity index (χ4n) is 5.56. The van der Waals surface area contributed by atoms with E-state index in [1.807, 2.05) is 43.3 Å². The number of para-hydroxylation sites is 1. The Bertz CT molecular complexity index is 1350. The fraction of sp³-hybridized carbons (Fsp3) is 0.214. The lowest BCUT2D eigenvalue weighted by Crippen LogP contribution is -2.26. The van der Waals surface area contributed by atoms with E-state index in [4.69, 9.17) is 0 Å². The van der Waals surface area contributed by atoms with Crippen LogP contribution in [0.3, 0.4) is 0 Å². The molecule has 34 heavy (non-hydrogen) atoms. The van der Waals surface area contributed by atoms with Crippen molar-refractivity contribution in [2.75, 3.05) is 9.91 Å². The quantitative estimate of drug-likeness (QED) is 0.298. The first kappa shape index (κ1) is 21.8. The van der Waals surface area contributed by atoms with E-state index < -0.39 is 0 Å². The zero-order valence-electron chi connectivity index (χ0n) is 18.7. The molecule has 2 heterocycles. The number of nitrogens with zero attached hydrogens (tertiary/aromatic N) is 3. The summed E-state index contributed by atoms with van der Waals surface area (Å²) in [7, 11) is 0. The summed E-state index contributed by atoms with van der Waals surface area (Å²) < 4.78 is 2.15.